The van der Waals surface area contributed by atoms with E-state index in [4.69, 9.17) is 11.6 Å². The number of pyridine rings is 1. The first-order chi connectivity index (χ1) is 9.10. The topological polar surface area (TPSA) is 81.2 Å². The second-order valence-electron chi connectivity index (χ2n) is 3.33. The van der Waals surface area contributed by atoms with Crippen molar-refractivity contribution in [2.24, 2.45) is 0 Å². The number of anilines is 1. The zero-order chi connectivity index (χ0) is 13.8. The average Bonchev–Trinajstić information content (AvgIpc) is 2.86. The summed E-state index contributed by atoms with van der Waals surface area (Å²) in [6, 6.07) is 3.00. The number of aromatic nitrogens is 2. The summed E-state index contributed by atoms with van der Waals surface area (Å²) >= 11 is 6.78. The maximum Gasteiger partial charge on any atom is 0.349 e. The maximum atomic E-state index is 11.8. The van der Waals surface area contributed by atoms with E-state index in [0.717, 1.165) is 11.3 Å². The van der Waals surface area contributed by atoms with Gasteiger partial charge in [0.05, 0.1) is 13.3 Å². The monoisotopic (exact) mass is 297 g/mol. The van der Waals surface area contributed by atoms with Crippen LogP contribution in [0.4, 0.5) is 5.13 Å². The molecule has 0 radical (unpaired) electrons. The third-order valence-corrected chi connectivity index (χ3v) is 3.20. The van der Waals surface area contributed by atoms with Crippen LogP contribution in [0.5, 0.6) is 0 Å². The number of hydrogen-bond acceptors (Lipinski definition) is 6. The van der Waals surface area contributed by atoms with Crippen molar-refractivity contribution in [2.45, 2.75) is 0 Å². The lowest BCUT2D eigenvalue weighted by Crippen LogP contribution is -2.13. The van der Waals surface area contributed by atoms with Crippen LogP contribution in [0.15, 0.2) is 24.5 Å². The van der Waals surface area contributed by atoms with Crippen LogP contribution in [0, 0.1) is 0 Å². The van der Waals surface area contributed by atoms with Gasteiger partial charge in [-0.3, -0.25) is 15.1 Å². The van der Waals surface area contributed by atoms with Crippen LogP contribution in [-0.4, -0.2) is 29.0 Å². The van der Waals surface area contributed by atoms with Crippen molar-refractivity contribution in [2.75, 3.05) is 12.4 Å². The molecule has 0 aliphatic carbocycles. The predicted octanol–water partition coefficient (Wildman–Crippen LogP) is 2.23. The zero-order valence-electron chi connectivity index (χ0n) is 9.71. The summed E-state index contributed by atoms with van der Waals surface area (Å²) < 4.78 is 4.54. The lowest BCUT2D eigenvalue weighted by molar-refractivity contribution is 0.0606. The first-order valence-corrected chi connectivity index (χ1v) is 6.26. The zero-order valence-corrected chi connectivity index (χ0v) is 11.3. The average molecular weight is 298 g/mol. The molecule has 0 saturated carbocycles. The van der Waals surface area contributed by atoms with Gasteiger partial charge in [-0.25, -0.2) is 9.78 Å². The van der Waals surface area contributed by atoms with E-state index in [2.05, 4.69) is 20.0 Å². The van der Waals surface area contributed by atoms with E-state index in [1.165, 1.54) is 25.6 Å². The highest BCUT2D eigenvalue weighted by molar-refractivity contribution is 7.17. The molecule has 1 N–H and O–H groups in total. The maximum absolute atomic E-state index is 11.8. The minimum absolute atomic E-state index is 0.169. The van der Waals surface area contributed by atoms with Crippen molar-refractivity contribution in [3.05, 3.63) is 40.1 Å². The van der Waals surface area contributed by atoms with Gasteiger partial charge in [0.2, 0.25) is 0 Å². The van der Waals surface area contributed by atoms with Gasteiger partial charge in [-0.05, 0) is 12.1 Å². The molecule has 0 aromatic carbocycles. The fourth-order valence-electron chi connectivity index (χ4n) is 1.22. The molecule has 6 nitrogen and oxygen atoms in total. The second-order valence-corrected chi connectivity index (χ2v) is 4.80. The number of ether oxygens (including phenoxy) is 1. The largest absolute Gasteiger partial charge is 0.465 e. The minimum Gasteiger partial charge on any atom is -0.465 e. The van der Waals surface area contributed by atoms with E-state index >= 15 is 0 Å². The number of nitrogens with zero attached hydrogens (tertiary/aromatic N) is 2. The first kappa shape index (κ1) is 13.4. The molecule has 0 unspecified atom stereocenters. The third-order valence-electron chi connectivity index (χ3n) is 2.07. The number of rotatable bonds is 3. The number of hydrogen-bond donors (Lipinski definition) is 1. The van der Waals surface area contributed by atoms with Gasteiger partial charge in [0.25, 0.3) is 5.91 Å². The van der Waals surface area contributed by atoms with E-state index in [-0.39, 0.29) is 10.8 Å². The van der Waals surface area contributed by atoms with E-state index in [0.29, 0.717) is 9.90 Å². The van der Waals surface area contributed by atoms with Crippen LogP contribution in [0.3, 0.4) is 0 Å². The Bertz CT molecular complexity index is 629. The van der Waals surface area contributed by atoms with Gasteiger partial charge in [-0.2, -0.15) is 0 Å². The Morgan fingerprint density at radius 2 is 2.21 bits per heavy atom. The van der Waals surface area contributed by atoms with E-state index in [1.807, 2.05) is 0 Å². The Labute approximate surface area is 117 Å². The standard InChI is InChI=1S/C11H8ClN3O3S/c1-18-10(17)8-5-14-11(19-8)15-9(16)7-4-6(12)2-3-13-7/h2-5H,1H3,(H,14,15,16). The number of methoxy groups -OCH3 is 1. The highest BCUT2D eigenvalue weighted by Crippen LogP contribution is 2.19. The fourth-order valence-corrected chi connectivity index (χ4v) is 2.11. The quantitative estimate of drug-likeness (QED) is 0.879. The lowest BCUT2D eigenvalue weighted by Gasteiger charge is -2.00. The molecule has 19 heavy (non-hydrogen) atoms. The first-order valence-electron chi connectivity index (χ1n) is 5.07. The van der Waals surface area contributed by atoms with Crippen molar-refractivity contribution < 1.29 is 14.3 Å². The Morgan fingerprint density at radius 1 is 1.42 bits per heavy atom. The molecule has 0 aliphatic rings. The summed E-state index contributed by atoms with van der Waals surface area (Å²) in [6.45, 7) is 0. The van der Waals surface area contributed by atoms with Crippen LogP contribution in [0.1, 0.15) is 20.2 Å². The molecule has 98 valence electrons. The van der Waals surface area contributed by atoms with Gasteiger partial charge in [-0.15, -0.1) is 0 Å². The second kappa shape index (κ2) is 5.77. The minimum atomic E-state index is -0.501. The smallest absolute Gasteiger partial charge is 0.349 e. The van der Waals surface area contributed by atoms with Gasteiger partial charge >= 0.3 is 5.97 Å². The fraction of sp³-hybridized carbons (Fsp3) is 0.0909. The van der Waals surface area contributed by atoms with Crippen molar-refractivity contribution >= 4 is 39.9 Å². The number of carbonyl (C=O) groups excluding carboxylic acids is 2. The highest BCUT2D eigenvalue weighted by atomic mass is 35.5. The highest BCUT2D eigenvalue weighted by Gasteiger charge is 2.14. The summed E-state index contributed by atoms with van der Waals surface area (Å²) in [5, 5.41) is 3.22. The predicted molar refractivity (Wildman–Crippen MR) is 70.7 cm³/mol. The van der Waals surface area contributed by atoms with E-state index in [9.17, 15) is 9.59 Å². The number of nitrogens with one attached hydrogen (secondary N) is 1. The Balaban J connectivity index is 2.11. The molecule has 2 aromatic rings. The van der Waals surface area contributed by atoms with Gasteiger partial charge < -0.3 is 4.74 Å². The van der Waals surface area contributed by atoms with Crippen molar-refractivity contribution in [3.63, 3.8) is 0 Å². The summed E-state index contributed by atoms with van der Waals surface area (Å²) in [5.74, 6) is -0.952. The SMILES string of the molecule is COC(=O)c1cnc(NC(=O)c2cc(Cl)ccn2)s1. The van der Waals surface area contributed by atoms with Crippen LogP contribution in [0.2, 0.25) is 5.02 Å². The molecule has 0 aliphatic heterocycles. The number of halogens is 1. The summed E-state index contributed by atoms with van der Waals surface area (Å²) in [5.41, 5.74) is 0.169. The molecule has 0 bridgehead atoms. The molecular weight excluding hydrogens is 290 g/mol. The van der Waals surface area contributed by atoms with Crippen molar-refractivity contribution in [1.29, 1.82) is 0 Å². The van der Waals surface area contributed by atoms with E-state index in [1.54, 1.807) is 6.07 Å². The normalized spacial score (nSPS) is 10.0. The number of thiazole rings is 1. The number of esters is 1. The molecule has 0 spiro atoms. The molecule has 2 heterocycles. The number of carbonyl (C=O) groups is 2. The lowest BCUT2D eigenvalue weighted by atomic mass is 10.3. The molecule has 0 atom stereocenters. The van der Waals surface area contributed by atoms with Crippen LogP contribution in [-0.2, 0) is 4.74 Å². The van der Waals surface area contributed by atoms with Gasteiger partial charge in [0.1, 0.15) is 10.6 Å². The van der Waals surface area contributed by atoms with Crippen LogP contribution in [0.25, 0.3) is 0 Å². The Hall–Kier alpha value is -1.99. The van der Waals surface area contributed by atoms with E-state index < -0.39 is 11.9 Å². The molecular formula is C11H8ClN3O3S. The molecule has 2 rings (SSSR count). The molecule has 1 amide bonds. The van der Waals surface area contributed by atoms with Crippen molar-refractivity contribution in [3.8, 4) is 0 Å². The summed E-state index contributed by atoms with van der Waals surface area (Å²) in [6.07, 6.45) is 2.76. The van der Waals surface area contributed by atoms with Gasteiger partial charge in [-0.1, -0.05) is 22.9 Å². The summed E-state index contributed by atoms with van der Waals surface area (Å²) in [7, 11) is 1.27. The van der Waals surface area contributed by atoms with Crippen molar-refractivity contribution in [1.82, 2.24) is 9.97 Å². The molecule has 8 heteroatoms. The van der Waals surface area contributed by atoms with Crippen LogP contribution >= 0.6 is 22.9 Å². The third kappa shape index (κ3) is 3.27. The number of amides is 1. The van der Waals surface area contributed by atoms with Gasteiger partial charge in [0, 0.05) is 11.2 Å². The summed E-state index contributed by atoms with van der Waals surface area (Å²) in [4.78, 5) is 31.1. The molecule has 0 fully saturated rings. The Morgan fingerprint density at radius 3 is 2.89 bits per heavy atom. The molecule has 2 aromatic heterocycles. The molecule has 0 saturated heterocycles. The van der Waals surface area contributed by atoms with Gasteiger partial charge in [0.15, 0.2) is 5.13 Å². The van der Waals surface area contributed by atoms with Crippen LogP contribution < -0.4 is 5.32 Å². The Kier molecular flexibility index (Phi) is 4.08.